The molecule has 5 nitrogen and oxygen atoms in total. The Bertz CT molecular complexity index is 459. The molecule has 0 aromatic heterocycles. The fourth-order valence-electron chi connectivity index (χ4n) is 4.45. The van der Waals surface area contributed by atoms with Crippen LogP contribution in [0.4, 0.5) is 0 Å². The van der Waals surface area contributed by atoms with Crippen molar-refractivity contribution in [3.63, 3.8) is 0 Å². The minimum atomic E-state index is 0. The van der Waals surface area contributed by atoms with E-state index in [4.69, 9.17) is 0 Å². The van der Waals surface area contributed by atoms with Crippen LogP contribution in [-0.2, 0) is 9.59 Å². The SMILES string of the molecule is CCCN1CCN(CCCNC(=O)C2CCC(C(=O)C(C)CC)CC2)CC1.[HH]. The molecule has 0 radical (unpaired) electrons. The number of Topliss-reactive ketones (excluding diaryl/α,β-unsaturated/α-hetero) is 1. The van der Waals surface area contributed by atoms with Gasteiger partial charge in [0.2, 0.25) is 5.91 Å². The summed E-state index contributed by atoms with van der Waals surface area (Å²) >= 11 is 0. The maximum atomic E-state index is 12.4. The van der Waals surface area contributed by atoms with Crippen molar-refractivity contribution in [2.24, 2.45) is 17.8 Å². The summed E-state index contributed by atoms with van der Waals surface area (Å²) in [5.74, 6) is 1.09. The van der Waals surface area contributed by atoms with Gasteiger partial charge in [0.15, 0.2) is 0 Å². The van der Waals surface area contributed by atoms with E-state index in [2.05, 4.69) is 29.0 Å². The highest BCUT2D eigenvalue weighted by Crippen LogP contribution is 2.31. The number of hydrogen-bond donors (Lipinski definition) is 1. The number of carbonyl (C=O) groups is 2. The van der Waals surface area contributed by atoms with Gasteiger partial charge in [0.05, 0.1) is 0 Å². The molecule has 0 spiro atoms. The molecule has 2 aliphatic rings. The first-order chi connectivity index (χ1) is 13.0. The number of carbonyl (C=O) groups excluding carboxylic acids is 2. The average Bonchev–Trinajstić information content (AvgIpc) is 2.71. The first kappa shape index (κ1) is 22.4. The molecular weight excluding hydrogens is 338 g/mol. The number of amides is 1. The molecule has 1 heterocycles. The molecule has 1 unspecified atom stereocenters. The van der Waals surface area contributed by atoms with Crippen molar-refractivity contribution in [3.8, 4) is 0 Å². The molecular formula is C22H43N3O2. The van der Waals surface area contributed by atoms with Crippen molar-refractivity contribution in [1.29, 1.82) is 0 Å². The van der Waals surface area contributed by atoms with Gasteiger partial charge in [0, 0.05) is 51.9 Å². The summed E-state index contributed by atoms with van der Waals surface area (Å²) in [6.07, 6.45) is 6.72. The van der Waals surface area contributed by atoms with E-state index in [0.717, 1.165) is 64.7 Å². The van der Waals surface area contributed by atoms with E-state index in [9.17, 15) is 9.59 Å². The van der Waals surface area contributed by atoms with E-state index in [1.807, 2.05) is 6.92 Å². The maximum absolute atomic E-state index is 12.4. The molecule has 0 bridgehead atoms. The van der Waals surface area contributed by atoms with E-state index in [1.165, 1.54) is 26.1 Å². The average molecular weight is 382 g/mol. The lowest BCUT2D eigenvalue weighted by atomic mass is 9.77. The molecule has 2 rings (SSSR count). The summed E-state index contributed by atoms with van der Waals surface area (Å²) in [7, 11) is 0. The number of hydrogen-bond acceptors (Lipinski definition) is 4. The first-order valence-electron chi connectivity index (χ1n) is 11.3. The highest BCUT2D eigenvalue weighted by atomic mass is 16.2. The lowest BCUT2D eigenvalue weighted by Gasteiger charge is -2.34. The van der Waals surface area contributed by atoms with Gasteiger partial charge in [0.1, 0.15) is 5.78 Å². The topological polar surface area (TPSA) is 52.6 Å². The Morgan fingerprint density at radius 3 is 2.07 bits per heavy atom. The maximum Gasteiger partial charge on any atom is 0.223 e. The van der Waals surface area contributed by atoms with E-state index in [-0.39, 0.29) is 25.1 Å². The van der Waals surface area contributed by atoms with Gasteiger partial charge >= 0.3 is 0 Å². The molecule has 1 N–H and O–H groups in total. The molecule has 5 heteroatoms. The van der Waals surface area contributed by atoms with Gasteiger partial charge in [-0.25, -0.2) is 0 Å². The molecule has 1 aliphatic carbocycles. The van der Waals surface area contributed by atoms with Crippen LogP contribution in [0.5, 0.6) is 0 Å². The largest absolute Gasteiger partial charge is 0.356 e. The zero-order chi connectivity index (χ0) is 19.6. The molecule has 1 saturated carbocycles. The highest BCUT2D eigenvalue weighted by molar-refractivity contribution is 5.84. The third kappa shape index (κ3) is 7.19. The van der Waals surface area contributed by atoms with Crippen LogP contribution in [0.1, 0.15) is 67.1 Å². The molecule has 2 fully saturated rings. The first-order valence-corrected chi connectivity index (χ1v) is 11.3. The van der Waals surface area contributed by atoms with Crippen LogP contribution in [0, 0.1) is 17.8 Å². The molecule has 0 aromatic rings. The second-order valence-corrected chi connectivity index (χ2v) is 8.59. The second kappa shape index (κ2) is 11.8. The molecule has 1 saturated heterocycles. The summed E-state index contributed by atoms with van der Waals surface area (Å²) in [6, 6.07) is 0. The predicted octanol–water partition coefficient (Wildman–Crippen LogP) is 3.19. The van der Waals surface area contributed by atoms with Crippen LogP contribution in [0.3, 0.4) is 0 Å². The van der Waals surface area contributed by atoms with Crippen LogP contribution in [0.2, 0.25) is 0 Å². The zero-order valence-electron chi connectivity index (χ0n) is 17.8. The standard InChI is InChI=1S/C22H41N3O2.H2/c1-4-12-24-14-16-25(17-15-24)13-6-11-23-22(27)20-9-7-19(8-10-20)21(26)18(3)5-2;/h18-20H,4-17H2,1-3H3,(H,23,27);1H. The summed E-state index contributed by atoms with van der Waals surface area (Å²) in [4.78, 5) is 29.8. The predicted molar refractivity (Wildman–Crippen MR) is 113 cm³/mol. The minimum Gasteiger partial charge on any atom is -0.356 e. The Kier molecular flexibility index (Phi) is 9.77. The molecule has 158 valence electrons. The van der Waals surface area contributed by atoms with Crippen molar-refractivity contribution >= 4 is 11.7 Å². The van der Waals surface area contributed by atoms with Crippen molar-refractivity contribution in [1.82, 2.24) is 15.1 Å². The monoisotopic (exact) mass is 381 g/mol. The Morgan fingerprint density at radius 1 is 0.963 bits per heavy atom. The van der Waals surface area contributed by atoms with Gasteiger partial charge in [-0.15, -0.1) is 0 Å². The molecule has 1 aliphatic heterocycles. The summed E-state index contributed by atoms with van der Waals surface area (Å²) in [5, 5.41) is 3.14. The fraction of sp³-hybridized carbons (Fsp3) is 0.909. The number of ketones is 1. The van der Waals surface area contributed by atoms with E-state index in [1.54, 1.807) is 0 Å². The van der Waals surface area contributed by atoms with E-state index in [0.29, 0.717) is 5.78 Å². The van der Waals surface area contributed by atoms with Gasteiger partial charge in [-0.3, -0.25) is 9.59 Å². The van der Waals surface area contributed by atoms with Crippen LogP contribution in [-0.4, -0.2) is 67.3 Å². The number of rotatable bonds is 10. The van der Waals surface area contributed by atoms with Crippen LogP contribution < -0.4 is 5.32 Å². The highest BCUT2D eigenvalue weighted by Gasteiger charge is 2.31. The van der Waals surface area contributed by atoms with Crippen molar-refractivity contribution < 1.29 is 11.0 Å². The Labute approximate surface area is 167 Å². The van der Waals surface area contributed by atoms with Gasteiger partial charge in [-0.05, 0) is 58.0 Å². The lowest BCUT2D eigenvalue weighted by Crippen LogP contribution is -2.47. The lowest BCUT2D eigenvalue weighted by molar-refractivity contribution is -0.131. The Balaban J connectivity index is 0.00000392. The zero-order valence-corrected chi connectivity index (χ0v) is 17.8. The third-order valence-electron chi connectivity index (χ3n) is 6.55. The van der Waals surface area contributed by atoms with E-state index >= 15 is 0 Å². The van der Waals surface area contributed by atoms with Crippen molar-refractivity contribution in [2.75, 3.05) is 45.8 Å². The smallest absolute Gasteiger partial charge is 0.223 e. The Morgan fingerprint density at radius 2 is 1.52 bits per heavy atom. The summed E-state index contributed by atoms with van der Waals surface area (Å²) in [5.41, 5.74) is 0. The van der Waals surface area contributed by atoms with Gasteiger partial charge < -0.3 is 15.1 Å². The molecule has 1 atom stereocenters. The quantitative estimate of drug-likeness (QED) is 0.591. The van der Waals surface area contributed by atoms with Gasteiger partial charge in [0.25, 0.3) is 0 Å². The van der Waals surface area contributed by atoms with Crippen LogP contribution in [0.25, 0.3) is 0 Å². The van der Waals surface area contributed by atoms with Gasteiger partial charge in [-0.1, -0.05) is 20.8 Å². The van der Waals surface area contributed by atoms with Crippen molar-refractivity contribution in [2.45, 2.75) is 65.7 Å². The molecule has 1 amide bonds. The second-order valence-electron chi connectivity index (χ2n) is 8.59. The number of nitrogens with one attached hydrogen (secondary N) is 1. The molecule has 0 aromatic carbocycles. The third-order valence-corrected chi connectivity index (χ3v) is 6.55. The van der Waals surface area contributed by atoms with Crippen molar-refractivity contribution in [3.05, 3.63) is 0 Å². The van der Waals surface area contributed by atoms with Crippen LogP contribution >= 0.6 is 0 Å². The fourth-order valence-corrected chi connectivity index (χ4v) is 4.45. The minimum absolute atomic E-state index is 0. The van der Waals surface area contributed by atoms with E-state index < -0.39 is 0 Å². The number of nitrogens with zero attached hydrogens (tertiary/aromatic N) is 2. The normalized spacial score (nSPS) is 25.9. The summed E-state index contributed by atoms with van der Waals surface area (Å²) in [6.45, 7) is 14.1. The van der Waals surface area contributed by atoms with Gasteiger partial charge in [-0.2, -0.15) is 0 Å². The molecule has 27 heavy (non-hydrogen) atoms. The summed E-state index contributed by atoms with van der Waals surface area (Å²) < 4.78 is 0. The van der Waals surface area contributed by atoms with Crippen LogP contribution in [0.15, 0.2) is 0 Å². The number of piperazine rings is 1. The Hall–Kier alpha value is -0.940.